The third-order valence-corrected chi connectivity index (χ3v) is 4.17. The Labute approximate surface area is 91.5 Å². The lowest BCUT2D eigenvalue weighted by Crippen LogP contribution is -2.36. The summed E-state index contributed by atoms with van der Waals surface area (Å²) in [6.45, 7) is 4.55. The molecule has 1 unspecified atom stereocenters. The fraction of sp³-hybridized carbons (Fsp3) is 0.875. The fourth-order valence-corrected chi connectivity index (χ4v) is 2.48. The average Bonchev–Trinajstić information content (AvgIpc) is 2.01. The van der Waals surface area contributed by atoms with Gasteiger partial charge in [-0.1, -0.05) is 32.5 Å². The summed E-state index contributed by atoms with van der Waals surface area (Å²) < 4.78 is 24.4. The van der Waals surface area contributed by atoms with Crippen molar-refractivity contribution in [1.82, 2.24) is 4.31 Å². The van der Waals surface area contributed by atoms with Gasteiger partial charge in [-0.05, 0) is 5.92 Å². The van der Waals surface area contributed by atoms with E-state index in [4.69, 9.17) is 5.73 Å². The van der Waals surface area contributed by atoms with Crippen LogP contribution in [0.2, 0.25) is 0 Å². The largest absolute Gasteiger partial charge is 0.392 e. The molecule has 0 aromatic rings. The SMILES string of the molecule is CCC(C)CN(C)S(=O)(=O)CC(N)=S. The molecule has 0 radical (unpaired) electrons. The summed E-state index contributed by atoms with van der Waals surface area (Å²) in [5.74, 6) is 0.107. The molecular weight excluding hydrogens is 220 g/mol. The second-order valence-electron chi connectivity index (χ2n) is 3.52. The van der Waals surface area contributed by atoms with Crippen LogP contribution < -0.4 is 5.73 Å². The van der Waals surface area contributed by atoms with Crippen molar-refractivity contribution in [2.45, 2.75) is 20.3 Å². The predicted octanol–water partition coefficient (Wildman–Crippen LogP) is 0.580. The van der Waals surface area contributed by atoms with Crippen LogP contribution in [0.15, 0.2) is 0 Å². The Bertz CT molecular complexity index is 288. The third kappa shape index (κ3) is 4.88. The van der Waals surface area contributed by atoms with E-state index >= 15 is 0 Å². The van der Waals surface area contributed by atoms with E-state index in [0.29, 0.717) is 12.5 Å². The summed E-state index contributed by atoms with van der Waals surface area (Å²) in [6.07, 6.45) is 0.951. The summed E-state index contributed by atoms with van der Waals surface area (Å²) in [5.41, 5.74) is 5.21. The summed E-state index contributed by atoms with van der Waals surface area (Å²) in [5, 5.41) is 0. The normalized spacial score (nSPS) is 14.3. The second kappa shape index (κ2) is 5.63. The molecule has 2 N–H and O–H groups in total. The first-order valence-electron chi connectivity index (χ1n) is 4.52. The maximum absolute atomic E-state index is 11.6. The Morgan fingerprint density at radius 1 is 1.57 bits per heavy atom. The molecule has 0 aliphatic carbocycles. The lowest BCUT2D eigenvalue weighted by Gasteiger charge is -2.19. The minimum Gasteiger partial charge on any atom is -0.392 e. The molecule has 0 saturated heterocycles. The van der Waals surface area contributed by atoms with Crippen LogP contribution in [-0.4, -0.2) is 37.1 Å². The van der Waals surface area contributed by atoms with Crippen molar-refractivity contribution in [2.24, 2.45) is 11.7 Å². The smallest absolute Gasteiger partial charge is 0.220 e. The van der Waals surface area contributed by atoms with Crippen LogP contribution in [0.3, 0.4) is 0 Å². The highest BCUT2D eigenvalue weighted by Crippen LogP contribution is 2.06. The first-order valence-corrected chi connectivity index (χ1v) is 6.53. The zero-order valence-corrected chi connectivity index (χ0v) is 10.5. The highest BCUT2D eigenvalue weighted by Gasteiger charge is 2.19. The zero-order valence-electron chi connectivity index (χ0n) is 8.86. The lowest BCUT2D eigenvalue weighted by atomic mass is 10.1. The van der Waals surface area contributed by atoms with E-state index in [0.717, 1.165) is 6.42 Å². The summed E-state index contributed by atoms with van der Waals surface area (Å²) >= 11 is 4.58. The molecule has 0 spiro atoms. The molecule has 84 valence electrons. The van der Waals surface area contributed by atoms with E-state index in [1.54, 1.807) is 7.05 Å². The Kier molecular flexibility index (Phi) is 5.54. The van der Waals surface area contributed by atoms with E-state index < -0.39 is 10.0 Å². The van der Waals surface area contributed by atoms with Crippen LogP contribution in [0.25, 0.3) is 0 Å². The number of nitrogens with two attached hydrogens (primary N) is 1. The molecule has 0 aromatic carbocycles. The lowest BCUT2D eigenvalue weighted by molar-refractivity contribution is 0.395. The van der Waals surface area contributed by atoms with Crippen LogP contribution in [0.1, 0.15) is 20.3 Å². The van der Waals surface area contributed by atoms with Gasteiger partial charge < -0.3 is 5.73 Å². The Morgan fingerprint density at radius 2 is 2.07 bits per heavy atom. The van der Waals surface area contributed by atoms with Gasteiger partial charge in [-0.3, -0.25) is 0 Å². The van der Waals surface area contributed by atoms with Crippen molar-refractivity contribution >= 4 is 27.2 Å². The molecule has 0 amide bonds. The van der Waals surface area contributed by atoms with Crippen LogP contribution in [0.4, 0.5) is 0 Å². The number of rotatable bonds is 6. The van der Waals surface area contributed by atoms with E-state index in [-0.39, 0.29) is 10.7 Å². The third-order valence-electron chi connectivity index (χ3n) is 2.07. The quantitative estimate of drug-likeness (QED) is 0.688. The zero-order chi connectivity index (χ0) is 11.4. The van der Waals surface area contributed by atoms with Gasteiger partial charge in [0, 0.05) is 13.6 Å². The Morgan fingerprint density at radius 3 is 2.43 bits per heavy atom. The minimum atomic E-state index is -3.30. The molecule has 0 rings (SSSR count). The summed E-state index contributed by atoms with van der Waals surface area (Å²) in [7, 11) is -1.74. The van der Waals surface area contributed by atoms with Gasteiger partial charge in [-0.2, -0.15) is 0 Å². The standard InChI is InChI=1S/C8H18N2O2S2/c1-4-7(2)5-10(3)14(11,12)6-8(9)13/h7H,4-6H2,1-3H3,(H2,9,13). The molecule has 0 aliphatic heterocycles. The number of nitrogens with zero attached hydrogens (tertiary/aromatic N) is 1. The minimum absolute atomic E-state index is 0.0148. The van der Waals surface area contributed by atoms with Gasteiger partial charge in [-0.25, -0.2) is 12.7 Å². The molecule has 6 heteroatoms. The van der Waals surface area contributed by atoms with Crippen LogP contribution >= 0.6 is 12.2 Å². The first-order chi connectivity index (χ1) is 6.29. The molecule has 0 heterocycles. The fourth-order valence-electron chi connectivity index (χ4n) is 0.972. The van der Waals surface area contributed by atoms with E-state index in [1.165, 1.54) is 4.31 Å². The molecule has 0 saturated carbocycles. The van der Waals surface area contributed by atoms with E-state index in [1.807, 2.05) is 13.8 Å². The molecular formula is C8H18N2O2S2. The van der Waals surface area contributed by atoms with Gasteiger partial charge >= 0.3 is 0 Å². The summed E-state index contributed by atoms with van der Waals surface area (Å²) in [4.78, 5) is 0.0148. The maximum Gasteiger partial charge on any atom is 0.220 e. The highest BCUT2D eigenvalue weighted by molar-refractivity contribution is 7.92. The van der Waals surface area contributed by atoms with Gasteiger partial charge in [0.1, 0.15) is 5.75 Å². The van der Waals surface area contributed by atoms with Crippen LogP contribution in [-0.2, 0) is 10.0 Å². The average molecular weight is 238 g/mol. The molecule has 14 heavy (non-hydrogen) atoms. The van der Waals surface area contributed by atoms with Crippen molar-refractivity contribution in [3.8, 4) is 0 Å². The van der Waals surface area contributed by atoms with Gasteiger partial charge in [0.05, 0.1) is 4.99 Å². The van der Waals surface area contributed by atoms with Gasteiger partial charge in [0.2, 0.25) is 10.0 Å². The van der Waals surface area contributed by atoms with Crippen molar-refractivity contribution < 1.29 is 8.42 Å². The van der Waals surface area contributed by atoms with Crippen molar-refractivity contribution in [1.29, 1.82) is 0 Å². The molecule has 0 aliphatic rings. The van der Waals surface area contributed by atoms with Crippen molar-refractivity contribution in [3.63, 3.8) is 0 Å². The number of hydrogen-bond donors (Lipinski definition) is 1. The Balaban J connectivity index is 4.36. The van der Waals surface area contributed by atoms with Crippen LogP contribution in [0, 0.1) is 5.92 Å². The molecule has 4 nitrogen and oxygen atoms in total. The van der Waals surface area contributed by atoms with Gasteiger partial charge in [0.15, 0.2) is 0 Å². The molecule has 0 aromatic heterocycles. The molecule has 1 atom stereocenters. The topological polar surface area (TPSA) is 63.4 Å². The number of sulfonamides is 1. The van der Waals surface area contributed by atoms with E-state index in [2.05, 4.69) is 12.2 Å². The number of hydrogen-bond acceptors (Lipinski definition) is 3. The van der Waals surface area contributed by atoms with Crippen LogP contribution in [0.5, 0.6) is 0 Å². The predicted molar refractivity (Wildman–Crippen MR) is 62.7 cm³/mol. The van der Waals surface area contributed by atoms with Gasteiger partial charge in [0.25, 0.3) is 0 Å². The molecule has 0 bridgehead atoms. The number of thiocarbonyl (C=S) groups is 1. The van der Waals surface area contributed by atoms with Crippen molar-refractivity contribution in [2.75, 3.05) is 19.3 Å². The maximum atomic E-state index is 11.6. The first kappa shape index (κ1) is 13.8. The molecule has 0 fully saturated rings. The Hall–Kier alpha value is -0.200. The van der Waals surface area contributed by atoms with Crippen molar-refractivity contribution in [3.05, 3.63) is 0 Å². The van der Waals surface area contributed by atoms with E-state index in [9.17, 15) is 8.42 Å². The highest BCUT2D eigenvalue weighted by atomic mass is 32.2. The second-order valence-corrected chi connectivity index (χ2v) is 6.12. The van der Waals surface area contributed by atoms with Gasteiger partial charge in [-0.15, -0.1) is 0 Å². The monoisotopic (exact) mass is 238 g/mol. The summed E-state index contributed by atoms with van der Waals surface area (Å²) in [6, 6.07) is 0.